The predicted molar refractivity (Wildman–Crippen MR) is 70.6 cm³/mol. The number of rotatable bonds is 4. The molecule has 4 heteroatoms. The minimum absolute atomic E-state index is 0.122. The van der Waals surface area contributed by atoms with E-state index in [-0.39, 0.29) is 11.6 Å². The van der Waals surface area contributed by atoms with Crippen LogP contribution in [0.25, 0.3) is 0 Å². The van der Waals surface area contributed by atoms with Crippen LogP contribution in [0.4, 0.5) is 0 Å². The van der Waals surface area contributed by atoms with Gasteiger partial charge in [0.1, 0.15) is 0 Å². The van der Waals surface area contributed by atoms with Crippen molar-refractivity contribution >= 4 is 11.3 Å². The van der Waals surface area contributed by atoms with E-state index in [0.717, 1.165) is 26.1 Å². The highest BCUT2D eigenvalue weighted by molar-refractivity contribution is 7.10. The Kier molecular flexibility index (Phi) is 4.20. The minimum atomic E-state index is -0.122. The maximum atomic E-state index is 5.87. The maximum absolute atomic E-state index is 5.87. The van der Waals surface area contributed by atoms with Gasteiger partial charge in [0, 0.05) is 38.0 Å². The second-order valence-corrected chi connectivity index (χ2v) is 5.52. The Hall–Kier alpha value is -0.420. The molecule has 17 heavy (non-hydrogen) atoms. The first kappa shape index (κ1) is 13.0. The molecular weight excluding hydrogens is 234 g/mol. The molecule has 1 aliphatic heterocycles. The monoisotopic (exact) mass is 255 g/mol. The lowest BCUT2D eigenvalue weighted by atomic mass is 9.84. The molecule has 0 spiro atoms. The van der Waals surface area contributed by atoms with Crippen LogP contribution in [0.5, 0.6) is 0 Å². The lowest BCUT2D eigenvalue weighted by Crippen LogP contribution is -2.48. The Morgan fingerprint density at radius 3 is 2.65 bits per heavy atom. The second-order valence-electron chi connectivity index (χ2n) is 4.57. The van der Waals surface area contributed by atoms with Crippen molar-refractivity contribution in [1.82, 2.24) is 5.32 Å². The third-order valence-corrected chi connectivity index (χ3v) is 4.81. The molecule has 1 aromatic heterocycles. The first-order valence-corrected chi connectivity index (χ1v) is 6.95. The van der Waals surface area contributed by atoms with Gasteiger partial charge in [-0.1, -0.05) is 0 Å². The fourth-order valence-corrected chi connectivity index (χ4v) is 3.78. The molecule has 1 unspecified atom stereocenters. The first-order chi connectivity index (χ1) is 8.23. The van der Waals surface area contributed by atoms with Crippen LogP contribution in [0, 0.1) is 6.92 Å². The largest absolute Gasteiger partial charge is 0.381 e. The summed E-state index contributed by atoms with van der Waals surface area (Å²) in [6, 6.07) is 2.43. The highest BCUT2D eigenvalue weighted by Crippen LogP contribution is 2.40. The van der Waals surface area contributed by atoms with Gasteiger partial charge in [-0.25, -0.2) is 0 Å². The number of nitrogens with one attached hydrogen (secondary N) is 1. The smallest absolute Gasteiger partial charge is 0.0924 e. The average molecular weight is 255 g/mol. The van der Waals surface area contributed by atoms with Gasteiger partial charge < -0.3 is 14.8 Å². The molecule has 1 saturated heterocycles. The number of aryl methyl sites for hydroxylation is 1. The van der Waals surface area contributed by atoms with Crippen molar-refractivity contribution in [1.29, 1.82) is 0 Å². The zero-order valence-corrected chi connectivity index (χ0v) is 11.6. The van der Waals surface area contributed by atoms with E-state index in [4.69, 9.17) is 9.47 Å². The Morgan fingerprint density at radius 2 is 2.18 bits per heavy atom. The summed E-state index contributed by atoms with van der Waals surface area (Å²) < 4.78 is 11.3. The van der Waals surface area contributed by atoms with E-state index in [2.05, 4.69) is 23.7 Å². The van der Waals surface area contributed by atoms with Crippen LogP contribution in [-0.4, -0.2) is 33.0 Å². The number of thiophene rings is 1. The van der Waals surface area contributed by atoms with Gasteiger partial charge >= 0.3 is 0 Å². The second kappa shape index (κ2) is 5.48. The van der Waals surface area contributed by atoms with Crippen molar-refractivity contribution < 1.29 is 9.47 Å². The van der Waals surface area contributed by atoms with Gasteiger partial charge in [-0.2, -0.15) is 0 Å². The van der Waals surface area contributed by atoms with Crippen LogP contribution in [-0.2, 0) is 9.47 Å². The van der Waals surface area contributed by atoms with Crippen LogP contribution in [0.15, 0.2) is 11.4 Å². The molecule has 0 aromatic carbocycles. The van der Waals surface area contributed by atoms with Gasteiger partial charge in [-0.3, -0.25) is 0 Å². The molecule has 2 heterocycles. The van der Waals surface area contributed by atoms with Crippen LogP contribution >= 0.6 is 11.3 Å². The molecular formula is C13H21NO2S. The van der Waals surface area contributed by atoms with Crippen molar-refractivity contribution in [2.45, 2.75) is 31.4 Å². The summed E-state index contributed by atoms with van der Waals surface area (Å²) in [6.07, 6.45) is 1.90. The summed E-state index contributed by atoms with van der Waals surface area (Å²) in [5, 5.41) is 5.59. The van der Waals surface area contributed by atoms with Crippen molar-refractivity contribution in [2.75, 3.05) is 27.4 Å². The number of hydrogen-bond acceptors (Lipinski definition) is 4. The van der Waals surface area contributed by atoms with Crippen molar-refractivity contribution in [3.8, 4) is 0 Å². The van der Waals surface area contributed by atoms with Crippen LogP contribution in [0.3, 0.4) is 0 Å². The summed E-state index contributed by atoms with van der Waals surface area (Å²) in [7, 11) is 3.83. The normalized spacial score (nSPS) is 21.4. The van der Waals surface area contributed by atoms with Crippen LogP contribution < -0.4 is 5.32 Å². The number of methoxy groups -OCH3 is 1. The topological polar surface area (TPSA) is 30.5 Å². The highest BCUT2D eigenvalue weighted by Gasteiger charge is 2.41. The van der Waals surface area contributed by atoms with Crippen LogP contribution in [0.2, 0.25) is 0 Å². The molecule has 0 bridgehead atoms. The van der Waals surface area contributed by atoms with E-state index in [9.17, 15) is 0 Å². The van der Waals surface area contributed by atoms with Crippen molar-refractivity contribution in [3.05, 3.63) is 21.9 Å². The first-order valence-electron chi connectivity index (χ1n) is 6.07. The lowest BCUT2D eigenvalue weighted by molar-refractivity contribution is -0.110. The Bertz CT molecular complexity index is 358. The van der Waals surface area contributed by atoms with E-state index in [1.807, 2.05) is 14.2 Å². The van der Waals surface area contributed by atoms with E-state index in [1.165, 1.54) is 10.4 Å². The van der Waals surface area contributed by atoms with Gasteiger partial charge in [0.2, 0.25) is 0 Å². The summed E-state index contributed by atoms with van der Waals surface area (Å²) in [5.41, 5.74) is 1.22. The average Bonchev–Trinajstić information content (AvgIpc) is 2.78. The molecule has 0 amide bonds. The zero-order chi connectivity index (χ0) is 12.3. The minimum Gasteiger partial charge on any atom is -0.381 e. The molecule has 0 saturated carbocycles. The Labute approximate surface area is 107 Å². The maximum Gasteiger partial charge on any atom is 0.0924 e. The summed E-state index contributed by atoms with van der Waals surface area (Å²) >= 11 is 1.81. The molecule has 1 atom stereocenters. The molecule has 0 aliphatic carbocycles. The lowest BCUT2D eigenvalue weighted by Gasteiger charge is -2.42. The molecule has 1 fully saturated rings. The van der Waals surface area contributed by atoms with Gasteiger partial charge in [-0.15, -0.1) is 11.3 Å². The quantitative estimate of drug-likeness (QED) is 0.896. The SMILES string of the molecule is CNC(c1sccc1C)C1(OC)CCOCC1. The van der Waals surface area contributed by atoms with E-state index >= 15 is 0 Å². The molecule has 1 N–H and O–H groups in total. The number of ether oxygens (including phenoxy) is 2. The standard InChI is InChI=1S/C13H21NO2S/c1-10-4-9-17-11(10)12(14-2)13(15-3)5-7-16-8-6-13/h4,9,12,14H,5-8H2,1-3H3. The fraction of sp³-hybridized carbons (Fsp3) is 0.692. The van der Waals surface area contributed by atoms with Gasteiger partial charge in [0.05, 0.1) is 11.6 Å². The summed E-state index contributed by atoms with van der Waals surface area (Å²) in [4.78, 5) is 1.39. The zero-order valence-electron chi connectivity index (χ0n) is 10.8. The van der Waals surface area contributed by atoms with Gasteiger partial charge in [-0.05, 0) is 31.0 Å². The molecule has 3 nitrogen and oxygen atoms in total. The Morgan fingerprint density at radius 1 is 1.47 bits per heavy atom. The Balaban J connectivity index is 2.29. The third kappa shape index (κ3) is 2.40. The van der Waals surface area contributed by atoms with Gasteiger partial charge in [0.15, 0.2) is 0 Å². The van der Waals surface area contributed by atoms with Crippen molar-refractivity contribution in [3.63, 3.8) is 0 Å². The third-order valence-electron chi connectivity index (χ3n) is 3.72. The van der Waals surface area contributed by atoms with E-state index in [0.29, 0.717) is 0 Å². The summed E-state index contributed by atoms with van der Waals surface area (Å²) in [5.74, 6) is 0. The number of likely N-dealkylation sites (N-methyl/N-ethyl adjacent to an activating group) is 1. The molecule has 0 radical (unpaired) electrons. The number of hydrogen-bond donors (Lipinski definition) is 1. The molecule has 2 rings (SSSR count). The molecule has 1 aliphatic rings. The summed E-state index contributed by atoms with van der Waals surface area (Å²) in [6.45, 7) is 3.74. The van der Waals surface area contributed by atoms with E-state index in [1.54, 1.807) is 11.3 Å². The van der Waals surface area contributed by atoms with Crippen molar-refractivity contribution in [2.24, 2.45) is 0 Å². The van der Waals surface area contributed by atoms with E-state index < -0.39 is 0 Å². The fourth-order valence-electron chi connectivity index (χ4n) is 2.64. The molecule has 96 valence electrons. The van der Waals surface area contributed by atoms with Crippen LogP contribution in [0.1, 0.15) is 29.3 Å². The van der Waals surface area contributed by atoms with Gasteiger partial charge in [0.25, 0.3) is 0 Å². The predicted octanol–water partition coefficient (Wildman–Crippen LogP) is 2.51. The molecule has 1 aromatic rings. The highest BCUT2D eigenvalue weighted by atomic mass is 32.1.